The van der Waals surface area contributed by atoms with E-state index in [0.29, 0.717) is 11.6 Å². The van der Waals surface area contributed by atoms with Crippen LogP contribution in [0.3, 0.4) is 0 Å². The summed E-state index contributed by atoms with van der Waals surface area (Å²) in [6.07, 6.45) is 2.32. The van der Waals surface area contributed by atoms with Gasteiger partial charge >= 0.3 is 0 Å². The monoisotopic (exact) mass is 286 g/mol. The second-order valence-electron chi connectivity index (χ2n) is 5.40. The lowest BCUT2D eigenvalue weighted by Crippen LogP contribution is -2.39. The van der Waals surface area contributed by atoms with Crippen LogP contribution < -0.4 is 0 Å². The number of hydrogen-bond donors (Lipinski definition) is 0. The summed E-state index contributed by atoms with van der Waals surface area (Å²) in [6.45, 7) is 3.92. The first kappa shape index (κ1) is 13.3. The Morgan fingerprint density at radius 2 is 2.15 bits per heavy atom. The molecule has 1 saturated heterocycles. The molecule has 1 amide bonds. The topological polar surface area (TPSA) is 33.2 Å². The molecule has 104 valence electrons. The number of amides is 1. The molecule has 1 aromatic carbocycles. The highest BCUT2D eigenvalue weighted by molar-refractivity contribution is 7.13. The largest absolute Gasteiger partial charge is 0.337 e. The lowest BCUT2D eigenvalue weighted by molar-refractivity contribution is 0.0678. The zero-order valence-electron chi connectivity index (χ0n) is 11.6. The van der Waals surface area contributed by atoms with Crippen LogP contribution in [0.5, 0.6) is 0 Å². The van der Waals surface area contributed by atoms with E-state index < -0.39 is 0 Å². The van der Waals surface area contributed by atoms with E-state index >= 15 is 0 Å². The minimum absolute atomic E-state index is 0.0787. The first-order valence-corrected chi connectivity index (χ1v) is 7.92. The van der Waals surface area contributed by atoms with E-state index in [2.05, 4.69) is 11.9 Å². The van der Waals surface area contributed by atoms with Crippen LogP contribution in [0.4, 0.5) is 0 Å². The second kappa shape index (κ2) is 5.75. The van der Waals surface area contributed by atoms with Crippen LogP contribution >= 0.6 is 11.3 Å². The maximum atomic E-state index is 12.5. The van der Waals surface area contributed by atoms with Gasteiger partial charge in [-0.05, 0) is 18.8 Å². The minimum Gasteiger partial charge on any atom is -0.337 e. The Hall–Kier alpha value is -1.68. The fraction of sp³-hybridized carbons (Fsp3) is 0.375. The van der Waals surface area contributed by atoms with E-state index in [-0.39, 0.29) is 5.91 Å². The van der Waals surface area contributed by atoms with Gasteiger partial charge in [-0.2, -0.15) is 0 Å². The zero-order chi connectivity index (χ0) is 13.9. The third-order valence-corrected chi connectivity index (χ3v) is 4.58. The van der Waals surface area contributed by atoms with Crippen molar-refractivity contribution >= 4 is 17.2 Å². The minimum atomic E-state index is 0.0787. The first-order chi connectivity index (χ1) is 9.74. The normalized spacial score (nSPS) is 19.1. The van der Waals surface area contributed by atoms with Crippen molar-refractivity contribution in [2.75, 3.05) is 13.1 Å². The summed E-state index contributed by atoms with van der Waals surface area (Å²) in [5.74, 6) is 0.676. The van der Waals surface area contributed by atoms with Crippen molar-refractivity contribution in [3.63, 3.8) is 0 Å². The van der Waals surface area contributed by atoms with Crippen LogP contribution in [0, 0.1) is 5.92 Å². The molecule has 1 unspecified atom stereocenters. The predicted octanol–water partition coefficient (Wildman–Crippen LogP) is 3.68. The lowest BCUT2D eigenvalue weighted by Gasteiger charge is -2.30. The van der Waals surface area contributed by atoms with E-state index in [1.165, 1.54) is 17.8 Å². The maximum Gasteiger partial charge on any atom is 0.273 e. The molecule has 0 spiro atoms. The fourth-order valence-electron chi connectivity index (χ4n) is 2.62. The van der Waals surface area contributed by atoms with Gasteiger partial charge in [0.15, 0.2) is 0 Å². The number of piperidine rings is 1. The summed E-state index contributed by atoms with van der Waals surface area (Å²) in [7, 11) is 0. The Balaban J connectivity index is 1.78. The van der Waals surface area contributed by atoms with Gasteiger partial charge in [0, 0.05) is 24.0 Å². The van der Waals surface area contributed by atoms with Crippen molar-refractivity contribution in [3.05, 3.63) is 41.4 Å². The molecular formula is C16H18N2OS. The number of carbonyl (C=O) groups is 1. The molecule has 2 aromatic rings. The van der Waals surface area contributed by atoms with Gasteiger partial charge in [0.1, 0.15) is 10.7 Å². The van der Waals surface area contributed by atoms with Crippen LogP contribution in [0.25, 0.3) is 10.6 Å². The van der Waals surface area contributed by atoms with Crippen molar-refractivity contribution in [2.24, 2.45) is 5.92 Å². The Morgan fingerprint density at radius 3 is 2.90 bits per heavy atom. The average Bonchev–Trinajstić information content (AvgIpc) is 2.97. The molecule has 2 heterocycles. The predicted molar refractivity (Wildman–Crippen MR) is 81.9 cm³/mol. The highest BCUT2D eigenvalue weighted by atomic mass is 32.1. The number of thiazole rings is 1. The Bertz CT molecular complexity index is 594. The molecule has 0 saturated carbocycles. The molecule has 3 rings (SSSR count). The Kier molecular flexibility index (Phi) is 3.83. The number of nitrogens with zero attached hydrogens (tertiary/aromatic N) is 2. The van der Waals surface area contributed by atoms with Gasteiger partial charge in [-0.15, -0.1) is 11.3 Å². The number of likely N-dealkylation sites (tertiary alicyclic amines) is 1. The zero-order valence-corrected chi connectivity index (χ0v) is 12.4. The van der Waals surface area contributed by atoms with Crippen LogP contribution in [0.15, 0.2) is 35.7 Å². The maximum absolute atomic E-state index is 12.5. The van der Waals surface area contributed by atoms with Crippen LogP contribution in [0.2, 0.25) is 0 Å². The Morgan fingerprint density at radius 1 is 1.35 bits per heavy atom. The fourth-order valence-corrected chi connectivity index (χ4v) is 3.42. The van der Waals surface area contributed by atoms with Gasteiger partial charge in [-0.1, -0.05) is 37.3 Å². The van der Waals surface area contributed by atoms with Gasteiger partial charge in [0.05, 0.1) is 0 Å². The molecule has 0 aliphatic carbocycles. The van der Waals surface area contributed by atoms with Crippen LogP contribution in [-0.2, 0) is 0 Å². The van der Waals surface area contributed by atoms with Gasteiger partial charge in [-0.25, -0.2) is 4.98 Å². The standard InChI is InChI=1S/C16H18N2OS/c1-12-6-5-9-18(10-12)16(19)14-11-20-15(17-14)13-7-3-2-4-8-13/h2-4,7-8,11-12H,5-6,9-10H2,1H3. The molecule has 1 aromatic heterocycles. The van der Waals surface area contributed by atoms with E-state index in [9.17, 15) is 4.79 Å². The molecule has 4 heteroatoms. The van der Waals surface area contributed by atoms with E-state index in [4.69, 9.17) is 0 Å². The number of benzene rings is 1. The van der Waals surface area contributed by atoms with Gasteiger partial charge < -0.3 is 4.90 Å². The third-order valence-electron chi connectivity index (χ3n) is 3.69. The average molecular weight is 286 g/mol. The number of hydrogen-bond acceptors (Lipinski definition) is 3. The number of carbonyl (C=O) groups excluding carboxylic acids is 1. The molecule has 1 aliphatic rings. The quantitative estimate of drug-likeness (QED) is 0.843. The first-order valence-electron chi connectivity index (χ1n) is 7.04. The van der Waals surface area contributed by atoms with Gasteiger partial charge in [0.25, 0.3) is 5.91 Å². The summed E-state index contributed by atoms with van der Waals surface area (Å²) < 4.78 is 0. The summed E-state index contributed by atoms with van der Waals surface area (Å²) in [6, 6.07) is 10.0. The molecule has 1 atom stereocenters. The van der Waals surface area contributed by atoms with Crippen molar-refractivity contribution < 1.29 is 4.79 Å². The van der Waals surface area contributed by atoms with Crippen LogP contribution in [-0.4, -0.2) is 28.9 Å². The smallest absolute Gasteiger partial charge is 0.273 e. The third kappa shape index (κ3) is 2.75. The van der Waals surface area contributed by atoms with Crippen molar-refractivity contribution in [1.82, 2.24) is 9.88 Å². The highest BCUT2D eigenvalue weighted by Gasteiger charge is 2.23. The SMILES string of the molecule is CC1CCCN(C(=O)c2csc(-c3ccccc3)n2)C1. The van der Waals surface area contributed by atoms with Gasteiger partial charge in [-0.3, -0.25) is 4.79 Å². The molecular weight excluding hydrogens is 268 g/mol. The molecule has 20 heavy (non-hydrogen) atoms. The summed E-state index contributed by atoms with van der Waals surface area (Å²) in [5.41, 5.74) is 1.66. The van der Waals surface area contributed by atoms with Gasteiger partial charge in [0.2, 0.25) is 0 Å². The second-order valence-corrected chi connectivity index (χ2v) is 6.26. The summed E-state index contributed by atoms with van der Waals surface area (Å²) >= 11 is 1.54. The molecule has 3 nitrogen and oxygen atoms in total. The molecule has 1 aliphatic heterocycles. The highest BCUT2D eigenvalue weighted by Crippen LogP contribution is 2.25. The van der Waals surface area contributed by atoms with E-state index in [0.717, 1.165) is 30.1 Å². The van der Waals surface area contributed by atoms with Crippen molar-refractivity contribution in [1.29, 1.82) is 0 Å². The molecule has 0 bridgehead atoms. The van der Waals surface area contributed by atoms with E-state index in [1.54, 1.807) is 0 Å². The molecule has 1 fully saturated rings. The molecule has 0 N–H and O–H groups in total. The number of rotatable bonds is 2. The molecule has 0 radical (unpaired) electrons. The Labute approximate surface area is 123 Å². The van der Waals surface area contributed by atoms with Crippen molar-refractivity contribution in [3.8, 4) is 10.6 Å². The van der Waals surface area contributed by atoms with Crippen molar-refractivity contribution in [2.45, 2.75) is 19.8 Å². The number of aromatic nitrogens is 1. The lowest BCUT2D eigenvalue weighted by atomic mass is 10.0. The summed E-state index contributed by atoms with van der Waals surface area (Å²) in [4.78, 5) is 18.9. The van der Waals surface area contributed by atoms with E-state index in [1.807, 2.05) is 40.6 Å². The van der Waals surface area contributed by atoms with Crippen LogP contribution in [0.1, 0.15) is 30.3 Å². The summed E-state index contributed by atoms with van der Waals surface area (Å²) in [5, 5.41) is 2.79.